The third kappa shape index (κ3) is 5.66. The topological polar surface area (TPSA) is 71.1 Å². The molecular weight excluding hydrogens is 290 g/mol. The Balaban J connectivity index is 1.76. The van der Waals surface area contributed by atoms with Crippen molar-refractivity contribution >= 4 is 11.8 Å². The molecule has 0 saturated heterocycles. The van der Waals surface area contributed by atoms with Crippen LogP contribution in [0.4, 0.5) is 0 Å². The van der Waals surface area contributed by atoms with Gasteiger partial charge in [-0.25, -0.2) is 0 Å². The normalized spacial score (nSPS) is 18.0. The van der Waals surface area contributed by atoms with Crippen LogP contribution in [0.2, 0.25) is 0 Å². The highest BCUT2D eigenvalue weighted by molar-refractivity contribution is 5.87. The van der Waals surface area contributed by atoms with Gasteiger partial charge in [0.2, 0.25) is 11.8 Å². The minimum Gasteiger partial charge on any atom is -0.348 e. The third-order valence-electron chi connectivity index (χ3n) is 4.53. The van der Waals surface area contributed by atoms with Crippen LogP contribution in [0.25, 0.3) is 0 Å². The Kier molecular flexibility index (Phi) is 6.56. The van der Waals surface area contributed by atoms with E-state index in [9.17, 15) is 9.59 Å². The van der Waals surface area contributed by atoms with Gasteiger partial charge in [-0.2, -0.15) is 0 Å². The molecule has 0 bridgehead atoms. The monoisotopic (exact) mass is 317 g/mol. The van der Waals surface area contributed by atoms with Crippen molar-refractivity contribution in [1.82, 2.24) is 15.6 Å². The molecule has 5 nitrogen and oxygen atoms in total. The summed E-state index contributed by atoms with van der Waals surface area (Å²) in [7, 11) is 0. The van der Waals surface area contributed by atoms with Crippen molar-refractivity contribution in [2.24, 2.45) is 5.92 Å². The molecule has 2 amide bonds. The van der Waals surface area contributed by atoms with Crippen molar-refractivity contribution in [3.8, 4) is 0 Å². The van der Waals surface area contributed by atoms with Crippen LogP contribution >= 0.6 is 0 Å². The molecular formula is C18H27N3O2. The van der Waals surface area contributed by atoms with Crippen molar-refractivity contribution in [3.63, 3.8) is 0 Å². The van der Waals surface area contributed by atoms with E-state index in [4.69, 9.17) is 0 Å². The molecule has 2 N–H and O–H groups in total. The second kappa shape index (κ2) is 8.65. The van der Waals surface area contributed by atoms with Crippen LogP contribution in [-0.4, -0.2) is 22.8 Å². The lowest BCUT2D eigenvalue weighted by Crippen LogP contribution is -2.45. The quantitative estimate of drug-likeness (QED) is 0.847. The molecule has 5 heteroatoms. The van der Waals surface area contributed by atoms with Crippen LogP contribution in [0, 0.1) is 5.92 Å². The van der Waals surface area contributed by atoms with Gasteiger partial charge in [-0.1, -0.05) is 19.3 Å². The molecule has 0 aliphatic heterocycles. The maximum absolute atomic E-state index is 12.2. The molecule has 0 radical (unpaired) electrons. The fourth-order valence-corrected chi connectivity index (χ4v) is 3.09. The molecule has 23 heavy (non-hydrogen) atoms. The van der Waals surface area contributed by atoms with Gasteiger partial charge in [-0.3, -0.25) is 14.6 Å². The van der Waals surface area contributed by atoms with E-state index in [1.54, 1.807) is 19.3 Å². The smallest absolute Gasteiger partial charge is 0.242 e. The number of hydrogen-bond acceptors (Lipinski definition) is 3. The Morgan fingerprint density at radius 3 is 2.43 bits per heavy atom. The summed E-state index contributed by atoms with van der Waals surface area (Å²) in [5.74, 6) is 0.303. The molecule has 1 aromatic heterocycles. The van der Waals surface area contributed by atoms with Gasteiger partial charge in [-0.15, -0.1) is 0 Å². The summed E-state index contributed by atoms with van der Waals surface area (Å²) >= 11 is 0. The van der Waals surface area contributed by atoms with E-state index in [1.807, 2.05) is 19.1 Å². The molecule has 1 aromatic rings. The van der Waals surface area contributed by atoms with Gasteiger partial charge in [0, 0.05) is 18.8 Å². The predicted molar refractivity (Wildman–Crippen MR) is 89.6 cm³/mol. The Labute approximate surface area is 138 Å². The minimum atomic E-state index is -0.518. The second-order valence-electron chi connectivity index (χ2n) is 6.51. The first-order valence-corrected chi connectivity index (χ1v) is 8.56. The zero-order valence-electron chi connectivity index (χ0n) is 14.0. The molecule has 2 rings (SSSR count). The van der Waals surface area contributed by atoms with Crippen LogP contribution in [0.5, 0.6) is 0 Å². The minimum absolute atomic E-state index is 0.0175. The van der Waals surface area contributed by atoms with E-state index in [0.29, 0.717) is 12.3 Å². The first kappa shape index (κ1) is 17.4. The summed E-state index contributed by atoms with van der Waals surface area (Å²) in [6.07, 6.45) is 9.93. The van der Waals surface area contributed by atoms with Crippen molar-refractivity contribution in [3.05, 3.63) is 30.1 Å². The first-order chi connectivity index (χ1) is 11.1. The fourth-order valence-electron chi connectivity index (χ4n) is 3.09. The molecule has 1 saturated carbocycles. The lowest BCUT2D eigenvalue weighted by atomic mass is 9.87. The van der Waals surface area contributed by atoms with E-state index in [-0.39, 0.29) is 17.9 Å². The van der Waals surface area contributed by atoms with Crippen molar-refractivity contribution in [1.29, 1.82) is 0 Å². The molecule has 1 aliphatic carbocycles. The number of carbonyl (C=O) groups excluding carboxylic acids is 2. The van der Waals surface area contributed by atoms with Gasteiger partial charge in [0.25, 0.3) is 0 Å². The number of nitrogens with zero attached hydrogens (tertiary/aromatic N) is 1. The predicted octanol–water partition coefficient (Wildman–Crippen LogP) is 2.73. The van der Waals surface area contributed by atoms with E-state index in [0.717, 1.165) is 18.4 Å². The summed E-state index contributed by atoms with van der Waals surface area (Å²) in [4.78, 5) is 28.3. The first-order valence-electron chi connectivity index (χ1n) is 8.56. The summed E-state index contributed by atoms with van der Waals surface area (Å²) in [5.41, 5.74) is 0.995. The second-order valence-corrected chi connectivity index (χ2v) is 6.51. The molecule has 0 aromatic carbocycles. The number of carbonyl (C=O) groups is 2. The van der Waals surface area contributed by atoms with Crippen LogP contribution in [0.15, 0.2) is 24.5 Å². The average molecular weight is 317 g/mol. The molecule has 126 valence electrons. The summed E-state index contributed by atoms with van der Waals surface area (Å²) in [5, 5.41) is 5.74. The zero-order chi connectivity index (χ0) is 16.7. The maximum Gasteiger partial charge on any atom is 0.242 e. The Hall–Kier alpha value is -1.91. The highest BCUT2D eigenvalue weighted by atomic mass is 16.2. The van der Waals surface area contributed by atoms with Crippen LogP contribution < -0.4 is 10.6 Å². The van der Waals surface area contributed by atoms with Gasteiger partial charge < -0.3 is 10.6 Å². The summed E-state index contributed by atoms with van der Waals surface area (Å²) in [6, 6.07) is 3.12. The number of rotatable bonds is 6. The van der Waals surface area contributed by atoms with Crippen LogP contribution in [0.1, 0.15) is 64.0 Å². The highest BCUT2D eigenvalue weighted by Gasteiger charge is 2.21. The third-order valence-corrected chi connectivity index (χ3v) is 4.53. The Bertz CT molecular complexity index is 512. The largest absolute Gasteiger partial charge is 0.348 e. The molecule has 1 aliphatic rings. The molecule has 1 heterocycles. The Morgan fingerprint density at radius 1 is 1.13 bits per heavy atom. The van der Waals surface area contributed by atoms with E-state index >= 15 is 0 Å². The van der Waals surface area contributed by atoms with Crippen molar-refractivity contribution in [2.75, 3.05) is 0 Å². The maximum atomic E-state index is 12.2. The van der Waals surface area contributed by atoms with E-state index in [1.165, 1.54) is 19.3 Å². The zero-order valence-corrected chi connectivity index (χ0v) is 14.0. The van der Waals surface area contributed by atoms with Crippen molar-refractivity contribution in [2.45, 2.75) is 64.5 Å². The number of aromatic nitrogens is 1. The number of pyridine rings is 1. The van der Waals surface area contributed by atoms with Gasteiger partial charge in [0.15, 0.2) is 0 Å². The van der Waals surface area contributed by atoms with Gasteiger partial charge in [-0.05, 0) is 50.3 Å². The number of amides is 2. The summed E-state index contributed by atoms with van der Waals surface area (Å²) < 4.78 is 0. The standard InChI is InChI=1S/C18H27N3O2/c1-13(16-8-10-19-11-9-16)21-18(23)14(2)20-17(22)12-15-6-4-3-5-7-15/h8-11,13-15H,3-7,12H2,1-2H3,(H,20,22)(H,21,23)/t13-,14-/m1/s1. The lowest BCUT2D eigenvalue weighted by molar-refractivity contribution is -0.129. The van der Waals surface area contributed by atoms with Gasteiger partial charge >= 0.3 is 0 Å². The van der Waals surface area contributed by atoms with Gasteiger partial charge in [0.1, 0.15) is 6.04 Å². The van der Waals surface area contributed by atoms with Crippen LogP contribution in [-0.2, 0) is 9.59 Å². The van der Waals surface area contributed by atoms with E-state index < -0.39 is 6.04 Å². The van der Waals surface area contributed by atoms with Crippen LogP contribution in [0.3, 0.4) is 0 Å². The molecule has 0 unspecified atom stereocenters. The number of nitrogens with one attached hydrogen (secondary N) is 2. The fraction of sp³-hybridized carbons (Fsp3) is 0.611. The number of hydrogen-bond donors (Lipinski definition) is 2. The van der Waals surface area contributed by atoms with Crippen molar-refractivity contribution < 1.29 is 9.59 Å². The average Bonchev–Trinajstić information content (AvgIpc) is 2.56. The summed E-state index contributed by atoms with van der Waals surface area (Å²) in [6.45, 7) is 3.65. The molecule has 2 atom stereocenters. The Morgan fingerprint density at radius 2 is 1.78 bits per heavy atom. The van der Waals surface area contributed by atoms with E-state index in [2.05, 4.69) is 15.6 Å². The SMILES string of the molecule is C[C@@H](NC(=O)CC1CCCCC1)C(=O)N[C@H](C)c1ccncc1. The molecule has 0 spiro atoms. The highest BCUT2D eigenvalue weighted by Crippen LogP contribution is 2.26. The van der Waals surface area contributed by atoms with Gasteiger partial charge in [0.05, 0.1) is 6.04 Å². The lowest BCUT2D eigenvalue weighted by Gasteiger charge is -2.22. The molecule has 1 fully saturated rings.